The first kappa shape index (κ1) is 13.0. The molecule has 3 aromatic rings. The van der Waals surface area contributed by atoms with E-state index in [1.807, 2.05) is 24.3 Å². The molecule has 0 aliphatic rings. The Balaban J connectivity index is 2.18. The summed E-state index contributed by atoms with van der Waals surface area (Å²) in [6.45, 7) is 0.0876. The number of aromatic nitrogens is 4. The number of carboxylic acids is 1. The Morgan fingerprint density at radius 3 is 2.71 bits per heavy atom. The summed E-state index contributed by atoms with van der Waals surface area (Å²) in [5.41, 5.74) is 1.60. The highest BCUT2D eigenvalue weighted by molar-refractivity contribution is 5.88. The first-order chi connectivity index (χ1) is 10.1. The van der Waals surface area contributed by atoms with Gasteiger partial charge < -0.3 is 5.11 Å². The van der Waals surface area contributed by atoms with Crippen LogP contribution in [-0.4, -0.2) is 30.2 Å². The Morgan fingerprint density at radius 2 is 2.00 bits per heavy atom. The van der Waals surface area contributed by atoms with E-state index in [1.165, 1.54) is 21.7 Å². The summed E-state index contributed by atoms with van der Waals surface area (Å²) in [6, 6.07) is 7.33. The van der Waals surface area contributed by atoms with Crippen molar-refractivity contribution in [2.45, 2.75) is 6.54 Å². The summed E-state index contributed by atoms with van der Waals surface area (Å²) >= 11 is 0. The van der Waals surface area contributed by atoms with Gasteiger partial charge in [-0.05, 0) is 12.1 Å². The fourth-order valence-electron chi connectivity index (χ4n) is 2.33. The van der Waals surface area contributed by atoms with Crippen LogP contribution in [0.5, 0.6) is 0 Å². The van der Waals surface area contributed by atoms with Crippen LogP contribution in [0.3, 0.4) is 0 Å². The number of fused-ring (bicyclic) bond motifs is 1. The van der Waals surface area contributed by atoms with Crippen LogP contribution in [0.25, 0.3) is 11.0 Å². The van der Waals surface area contributed by atoms with Gasteiger partial charge in [0.05, 0.1) is 23.3 Å². The minimum Gasteiger partial charge on any atom is -0.478 e. The maximum Gasteiger partial charge on any atom is 0.339 e. The molecule has 106 valence electrons. The summed E-state index contributed by atoms with van der Waals surface area (Å²) in [7, 11) is 1.68. The number of hydrogen-bond acceptors (Lipinski definition) is 4. The highest BCUT2D eigenvalue weighted by Gasteiger charge is 2.16. The minimum atomic E-state index is -1.11. The summed E-state index contributed by atoms with van der Waals surface area (Å²) < 4.78 is 3.03. The summed E-state index contributed by atoms with van der Waals surface area (Å²) in [4.78, 5) is 31.2. The van der Waals surface area contributed by atoms with Gasteiger partial charge in [-0.3, -0.25) is 9.13 Å². The van der Waals surface area contributed by atoms with Crippen molar-refractivity contribution in [3.63, 3.8) is 0 Å². The van der Waals surface area contributed by atoms with E-state index < -0.39 is 5.97 Å². The number of nitrogens with zero attached hydrogens (tertiary/aromatic N) is 4. The van der Waals surface area contributed by atoms with Crippen LogP contribution in [0, 0.1) is 0 Å². The van der Waals surface area contributed by atoms with Gasteiger partial charge in [0.15, 0.2) is 0 Å². The van der Waals surface area contributed by atoms with Gasteiger partial charge in [-0.25, -0.2) is 19.6 Å². The van der Waals surface area contributed by atoms with Gasteiger partial charge in [-0.1, -0.05) is 12.1 Å². The van der Waals surface area contributed by atoms with Crippen LogP contribution < -0.4 is 5.69 Å². The van der Waals surface area contributed by atoms with Crippen LogP contribution in [-0.2, 0) is 13.6 Å². The smallest absolute Gasteiger partial charge is 0.339 e. The standard InChI is InChI=1S/C14H12N4O3/c1-17-11-4-2-3-5-12(11)18(14(17)21)7-10-9(13(19)20)6-15-8-16-10/h2-6,8H,7H2,1H3,(H,19,20). The molecule has 0 saturated heterocycles. The molecule has 0 aliphatic carbocycles. The molecule has 21 heavy (non-hydrogen) atoms. The number of aryl methyl sites for hydroxylation is 1. The third-order valence-corrected chi connectivity index (χ3v) is 3.38. The van der Waals surface area contributed by atoms with E-state index in [0.29, 0.717) is 5.69 Å². The van der Waals surface area contributed by atoms with Crippen LogP contribution in [0.2, 0.25) is 0 Å². The number of para-hydroxylation sites is 2. The fraction of sp³-hybridized carbons (Fsp3) is 0.143. The molecule has 7 nitrogen and oxygen atoms in total. The second-order valence-electron chi connectivity index (χ2n) is 4.60. The maximum absolute atomic E-state index is 12.3. The summed E-state index contributed by atoms with van der Waals surface area (Å²) in [5, 5.41) is 9.16. The van der Waals surface area contributed by atoms with E-state index in [2.05, 4.69) is 9.97 Å². The Labute approximate surface area is 119 Å². The SMILES string of the molecule is Cn1c(=O)n(Cc2ncncc2C(=O)O)c2ccccc21. The molecule has 0 atom stereocenters. The number of imidazole rings is 1. The van der Waals surface area contributed by atoms with E-state index in [0.717, 1.165) is 11.0 Å². The molecule has 0 unspecified atom stereocenters. The largest absolute Gasteiger partial charge is 0.478 e. The molecule has 7 heteroatoms. The Bertz CT molecular complexity index is 895. The van der Waals surface area contributed by atoms with E-state index in [1.54, 1.807) is 7.05 Å². The van der Waals surface area contributed by atoms with Crippen molar-refractivity contribution in [1.82, 2.24) is 19.1 Å². The first-order valence-electron chi connectivity index (χ1n) is 6.26. The summed E-state index contributed by atoms with van der Waals surface area (Å²) in [5.74, 6) is -1.11. The zero-order valence-electron chi connectivity index (χ0n) is 11.2. The lowest BCUT2D eigenvalue weighted by Gasteiger charge is -2.05. The molecule has 3 rings (SSSR count). The molecular weight excluding hydrogens is 272 g/mol. The summed E-state index contributed by atoms with van der Waals surface area (Å²) in [6.07, 6.45) is 2.51. The van der Waals surface area contributed by atoms with Gasteiger partial charge in [0.2, 0.25) is 0 Å². The lowest BCUT2D eigenvalue weighted by Crippen LogP contribution is -2.24. The van der Waals surface area contributed by atoms with Crippen LogP contribution in [0.1, 0.15) is 16.1 Å². The van der Waals surface area contributed by atoms with Crippen LogP contribution in [0.4, 0.5) is 0 Å². The van der Waals surface area contributed by atoms with Gasteiger partial charge in [-0.2, -0.15) is 0 Å². The zero-order valence-corrected chi connectivity index (χ0v) is 11.2. The predicted molar refractivity (Wildman–Crippen MR) is 75.3 cm³/mol. The van der Waals surface area contributed by atoms with E-state index in [9.17, 15) is 9.59 Å². The molecule has 1 N–H and O–H groups in total. The fourth-order valence-corrected chi connectivity index (χ4v) is 2.33. The van der Waals surface area contributed by atoms with E-state index in [4.69, 9.17) is 5.11 Å². The van der Waals surface area contributed by atoms with Crippen molar-refractivity contribution >= 4 is 17.0 Å². The molecule has 0 bridgehead atoms. The second kappa shape index (κ2) is 4.86. The van der Waals surface area contributed by atoms with Crippen LogP contribution in [0.15, 0.2) is 41.6 Å². The number of aromatic carboxylic acids is 1. The van der Waals surface area contributed by atoms with Crippen LogP contribution >= 0.6 is 0 Å². The van der Waals surface area contributed by atoms with Crippen molar-refractivity contribution in [3.05, 3.63) is 58.5 Å². The third kappa shape index (κ3) is 2.08. The molecule has 0 fully saturated rings. The topological polar surface area (TPSA) is 90.0 Å². The Hall–Kier alpha value is -2.96. The molecule has 2 heterocycles. The molecule has 0 saturated carbocycles. The normalized spacial score (nSPS) is 10.9. The van der Waals surface area contributed by atoms with Crippen molar-refractivity contribution in [3.8, 4) is 0 Å². The number of carbonyl (C=O) groups is 1. The van der Waals surface area contributed by atoms with Gasteiger partial charge in [0.1, 0.15) is 11.9 Å². The van der Waals surface area contributed by atoms with Crippen molar-refractivity contribution in [2.75, 3.05) is 0 Å². The molecule has 0 aliphatic heterocycles. The molecule has 0 amide bonds. The number of benzene rings is 1. The molecule has 2 aromatic heterocycles. The van der Waals surface area contributed by atoms with Crippen molar-refractivity contribution in [2.24, 2.45) is 7.05 Å². The van der Waals surface area contributed by atoms with Gasteiger partial charge in [-0.15, -0.1) is 0 Å². The van der Waals surface area contributed by atoms with Gasteiger partial charge in [0.25, 0.3) is 0 Å². The number of hydrogen-bond donors (Lipinski definition) is 1. The first-order valence-corrected chi connectivity index (χ1v) is 6.26. The predicted octanol–water partition coefficient (Wildman–Crippen LogP) is 0.876. The number of rotatable bonds is 3. The third-order valence-electron chi connectivity index (χ3n) is 3.38. The monoisotopic (exact) mass is 284 g/mol. The average Bonchev–Trinajstić information content (AvgIpc) is 2.73. The highest BCUT2D eigenvalue weighted by atomic mass is 16.4. The van der Waals surface area contributed by atoms with Gasteiger partial charge in [0, 0.05) is 13.2 Å². The van der Waals surface area contributed by atoms with E-state index >= 15 is 0 Å². The molecule has 1 aromatic carbocycles. The molecule has 0 spiro atoms. The highest BCUT2D eigenvalue weighted by Crippen LogP contribution is 2.14. The zero-order chi connectivity index (χ0) is 15.0. The van der Waals surface area contributed by atoms with Gasteiger partial charge >= 0.3 is 11.7 Å². The Morgan fingerprint density at radius 1 is 1.29 bits per heavy atom. The van der Waals surface area contributed by atoms with E-state index in [-0.39, 0.29) is 17.8 Å². The number of carboxylic acid groups (broad SMARTS) is 1. The van der Waals surface area contributed by atoms with Crippen molar-refractivity contribution < 1.29 is 9.90 Å². The molecule has 0 radical (unpaired) electrons. The average molecular weight is 284 g/mol. The van der Waals surface area contributed by atoms with Crippen molar-refractivity contribution in [1.29, 1.82) is 0 Å². The maximum atomic E-state index is 12.3. The quantitative estimate of drug-likeness (QED) is 0.771. The lowest BCUT2D eigenvalue weighted by molar-refractivity contribution is 0.0694. The lowest BCUT2D eigenvalue weighted by atomic mass is 10.2. The Kier molecular flexibility index (Phi) is 3.02. The minimum absolute atomic E-state index is 0.00247. The second-order valence-corrected chi connectivity index (χ2v) is 4.60. The molecular formula is C14H12N4O3.